The highest BCUT2D eigenvalue weighted by molar-refractivity contribution is 5.47. The van der Waals surface area contributed by atoms with E-state index >= 15 is 0 Å². The molecule has 0 radical (unpaired) electrons. The third-order valence-corrected chi connectivity index (χ3v) is 2.55. The highest BCUT2D eigenvalue weighted by Gasteiger charge is 2.21. The van der Waals surface area contributed by atoms with Crippen LogP contribution >= 0.6 is 0 Å². The molecule has 0 aliphatic carbocycles. The van der Waals surface area contributed by atoms with Gasteiger partial charge in [-0.3, -0.25) is 0 Å². The maximum atomic E-state index is 13.5. The number of pyridine rings is 1. The van der Waals surface area contributed by atoms with Crippen LogP contribution in [0, 0.1) is 11.6 Å². The molecular weight excluding hydrogens is 258 g/mol. The summed E-state index contributed by atoms with van der Waals surface area (Å²) in [6.07, 6.45) is 0.362. The Hall–Kier alpha value is -1.51. The van der Waals surface area contributed by atoms with Gasteiger partial charge in [-0.2, -0.15) is 0 Å². The van der Waals surface area contributed by atoms with Gasteiger partial charge in [0.25, 0.3) is 0 Å². The van der Waals surface area contributed by atoms with Gasteiger partial charge >= 0.3 is 0 Å². The largest absolute Gasteiger partial charge is 0.388 e. The van der Waals surface area contributed by atoms with E-state index in [4.69, 9.17) is 10.6 Å². The monoisotopic (exact) mass is 276 g/mol. The maximum absolute atomic E-state index is 13.5. The van der Waals surface area contributed by atoms with Crippen molar-refractivity contribution >= 4 is 11.6 Å². The molecule has 0 aliphatic rings. The Morgan fingerprint density at radius 2 is 2.05 bits per heavy atom. The van der Waals surface area contributed by atoms with Crippen molar-refractivity contribution < 1.29 is 18.6 Å². The van der Waals surface area contributed by atoms with Gasteiger partial charge in [0.2, 0.25) is 0 Å². The van der Waals surface area contributed by atoms with Crippen LogP contribution in [0.5, 0.6) is 0 Å². The molecule has 0 saturated carbocycles. The van der Waals surface area contributed by atoms with E-state index in [1.165, 1.54) is 7.11 Å². The van der Waals surface area contributed by atoms with E-state index in [1.807, 2.05) is 5.43 Å². The van der Waals surface area contributed by atoms with Gasteiger partial charge in [-0.1, -0.05) is 0 Å². The molecule has 1 aromatic heterocycles. The normalized spacial score (nSPS) is 14.0. The fourth-order valence-corrected chi connectivity index (χ4v) is 1.38. The summed E-state index contributed by atoms with van der Waals surface area (Å²) in [5.74, 6) is 2.83. The maximum Gasteiger partial charge on any atom is 0.178 e. The minimum Gasteiger partial charge on any atom is -0.388 e. The first-order valence-corrected chi connectivity index (χ1v) is 5.67. The van der Waals surface area contributed by atoms with Gasteiger partial charge in [0.1, 0.15) is 0 Å². The molecule has 1 unspecified atom stereocenters. The summed E-state index contributed by atoms with van der Waals surface area (Å²) in [6.45, 7) is 1.97. The van der Waals surface area contributed by atoms with Crippen molar-refractivity contribution in [2.45, 2.75) is 18.9 Å². The number of aliphatic hydroxyl groups is 1. The number of ether oxygens (including phenoxy) is 1. The van der Waals surface area contributed by atoms with Crippen LogP contribution < -0.4 is 16.6 Å². The topological polar surface area (TPSA) is 92.4 Å². The van der Waals surface area contributed by atoms with Crippen molar-refractivity contribution in [3.05, 3.63) is 17.7 Å². The fourth-order valence-electron chi connectivity index (χ4n) is 1.38. The Kier molecular flexibility index (Phi) is 5.40. The van der Waals surface area contributed by atoms with Gasteiger partial charge in [0, 0.05) is 32.7 Å². The highest BCUT2D eigenvalue weighted by Crippen LogP contribution is 2.19. The van der Waals surface area contributed by atoms with Gasteiger partial charge < -0.3 is 20.6 Å². The molecule has 0 spiro atoms. The fraction of sp³-hybridized carbons (Fsp3) is 0.545. The van der Waals surface area contributed by atoms with Crippen LogP contribution in [0.25, 0.3) is 0 Å². The van der Waals surface area contributed by atoms with Crippen LogP contribution in [0.1, 0.15) is 13.3 Å². The Balaban J connectivity index is 2.72. The summed E-state index contributed by atoms with van der Waals surface area (Å²) in [7, 11) is 1.52. The Morgan fingerprint density at radius 3 is 2.63 bits per heavy atom. The van der Waals surface area contributed by atoms with Crippen LogP contribution in [0.15, 0.2) is 6.07 Å². The summed E-state index contributed by atoms with van der Waals surface area (Å²) in [5, 5.41) is 12.6. The number of aromatic nitrogens is 1. The number of rotatable bonds is 7. The van der Waals surface area contributed by atoms with Gasteiger partial charge in [-0.25, -0.2) is 19.6 Å². The van der Waals surface area contributed by atoms with Crippen LogP contribution in [0.2, 0.25) is 0 Å². The zero-order valence-electron chi connectivity index (χ0n) is 10.8. The van der Waals surface area contributed by atoms with E-state index in [0.29, 0.717) is 19.1 Å². The average Bonchev–Trinajstić information content (AvgIpc) is 2.35. The number of hydrogen-bond donors (Lipinski definition) is 4. The molecule has 1 aromatic rings. The zero-order valence-corrected chi connectivity index (χ0v) is 10.8. The SMILES string of the molecule is COCCC(C)(O)CNc1nc(NN)c(F)cc1F. The third-order valence-electron chi connectivity index (χ3n) is 2.55. The molecule has 6 nitrogen and oxygen atoms in total. The lowest BCUT2D eigenvalue weighted by Gasteiger charge is -2.23. The van der Waals surface area contributed by atoms with Crippen LogP contribution in [-0.4, -0.2) is 36.0 Å². The second-order valence-corrected chi connectivity index (χ2v) is 4.39. The molecule has 0 saturated heterocycles. The van der Waals surface area contributed by atoms with E-state index in [2.05, 4.69) is 10.3 Å². The summed E-state index contributed by atoms with van der Waals surface area (Å²) in [4.78, 5) is 3.63. The summed E-state index contributed by atoms with van der Waals surface area (Å²) in [5.41, 5.74) is 0.917. The van der Waals surface area contributed by atoms with E-state index < -0.39 is 17.2 Å². The molecule has 8 heteroatoms. The van der Waals surface area contributed by atoms with Crippen LogP contribution in [0.3, 0.4) is 0 Å². The van der Waals surface area contributed by atoms with Gasteiger partial charge in [0.05, 0.1) is 5.60 Å². The lowest BCUT2D eigenvalue weighted by Crippen LogP contribution is -2.35. The lowest BCUT2D eigenvalue weighted by molar-refractivity contribution is 0.0356. The van der Waals surface area contributed by atoms with E-state index in [9.17, 15) is 13.9 Å². The molecule has 0 bridgehead atoms. The second kappa shape index (κ2) is 6.60. The van der Waals surface area contributed by atoms with Crippen molar-refractivity contribution in [3.8, 4) is 0 Å². The molecule has 0 fully saturated rings. The van der Waals surface area contributed by atoms with Crippen LogP contribution in [0.4, 0.5) is 20.4 Å². The number of hydrazine groups is 1. The zero-order chi connectivity index (χ0) is 14.5. The first kappa shape index (κ1) is 15.5. The average molecular weight is 276 g/mol. The first-order chi connectivity index (χ1) is 8.89. The third kappa shape index (κ3) is 4.58. The summed E-state index contributed by atoms with van der Waals surface area (Å²) < 4.78 is 31.4. The van der Waals surface area contributed by atoms with Gasteiger partial charge in [0.15, 0.2) is 23.3 Å². The predicted molar refractivity (Wildman–Crippen MR) is 67.6 cm³/mol. The Morgan fingerprint density at radius 1 is 1.42 bits per heavy atom. The van der Waals surface area contributed by atoms with E-state index in [-0.39, 0.29) is 18.2 Å². The number of nitrogens with two attached hydrogens (primary N) is 1. The molecule has 1 atom stereocenters. The van der Waals surface area contributed by atoms with Gasteiger partial charge in [-0.05, 0) is 6.92 Å². The smallest absolute Gasteiger partial charge is 0.178 e. The van der Waals surface area contributed by atoms with Crippen molar-refractivity contribution in [3.63, 3.8) is 0 Å². The molecule has 0 aliphatic heterocycles. The molecule has 1 rings (SSSR count). The predicted octanol–water partition coefficient (Wildman–Crippen LogP) is 0.845. The molecule has 0 amide bonds. The molecule has 1 heterocycles. The van der Waals surface area contributed by atoms with E-state index in [0.717, 1.165) is 0 Å². The molecule has 0 aromatic carbocycles. The number of anilines is 2. The quantitative estimate of drug-likeness (QED) is 0.436. The Bertz CT molecular complexity index is 429. The number of hydrogen-bond acceptors (Lipinski definition) is 6. The second-order valence-electron chi connectivity index (χ2n) is 4.39. The standard InChI is InChI=1S/C11H18F2N4O2/c1-11(18,3-4-19-2)6-15-9-7(12)5-8(13)10(16-9)17-14/h5,18H,3-4,6,14H2,1-2H3,(H2,15,16,17). The summed E-state index contributed by atoms with van der Waals surface area (Å²) >= 11 is 0. The minimum atomic E-state index is -1.10. The highest BCUT2D eigenvalue weighted by atomic mass is 19.1. The van der Waals surface area contributed by atoms with Crippen molar-refractivity contribution in [1.29, 1.82) is 0 Å². The van der Waals surface area contributed by atoms with Crippen molar-refractivity contribution in [2.24, 2.45) is 5.84 Å². The molecule has 19 heavy (non-hydrogen) atoms. The van der Waals surface area contributed by atoms with E-state index in [1.54, 1.807) is 6.92 Å². The molecule has 5 N–H and O–H groups in total. The molecule has 108 valence electrons. The van der Waals surface area contributed by atoms with Gasteiger partial charge in [-0.15, -0.1) is 0 Å². The number of nitrogens with zero attached hydrogens (tertiary/aromatic N) is 1. The van der Waals surface area contributed by atoms with Crippen molar-refractivity contribution in [1.82, 2.24) is 4.98 Å². The number of methoxy groups -OCH3 is 1. The minimum absolute atomic E-state index is 0.0376. The number of nitrogen functional groups attached to an aromatic ring is 1. The number of nitrogens with one attached hydrogen (secondary N) is 2. The number of halogens is 2. The first-order valence-electron chi connectivity index (χ1n) is 5.67. The lowest BCUT2D eigenvalue weighted by atomic mass is 10.0. The molecular formula is C11H18F2N4O2. The Labute approximate surface area is 109 Å². The van der Waals surface area contributed by atoms with Crippen molar-refractivity contribution in [2.75, 3.05) is 31.0 Å². The summed E-state index contributed by atoms with van der Waals surface area (Å²) in [6, 6.07) is 0.661. The van der Waals surface area contributed by atoms with Crippen LogP contribution in [-0.2, 0) is 4.74 Å².